The second-order valence-corrected chi connectivity index (χ2v) is 5.59. The van der Waals surface area contributed by atoms with E-state index in [9.17, 15) is 0 Å². The van der Waals surface area contributed by atoms with Crippen LogP contribution in [0.4, 0.5) is 5.82 Å². The number of nitrogen functional groups attached to an aromatic ring is 1. The molecule has 0 aromatic carbocycles. The number of thiophene rings is 1. The summed E-state index contributed by atoms with van der Waals surface area (Å²) in [5.74, 6) is 3.24. The Bertz CT molecular complexity index is 508. The van der Waals surface area contributed by atoms with Crippen LogP contribution in [-0.4, -0.2) is 28.1 Å². The van der Waals surface area contributed by atoms with Crippen molar-refractivity contribution in [2.75, 3.05) is 23.8 Å². The lowest BCUT2D eigenvalue weighted by Crippen LogP contribution is -2.18. The number of hydrogen-bond donors (Lipinski definition) is 1. The number of thioether (sulfide) groups is 1. The summed E-state index contributed by atoms with van der Waals surface area (Å²) in [4.78, 5) is 9.79. The van der Waals surface area contributed by atoms with E-state index in [-0.39, 0.29) is 6.10 Å². The lowest BCUT2D eigenvalue weighted by molar-refractivity contribution is 0.0698. The van der Waals surface area contributed by atoms with E-state index >= 15 is 0 Å². The third-order valence-electron chi connectivity index (χ3n) is 2.48. The van der Waals surface area contributed by atoms with Gasteiger partial charge >= 0.3 is 0 Å². The maximum Gasteiger partial charge on any atom is 0.162 e. The third-order valence-corrected chi connectivity index (χ3v) is 4.28. The van der Waals surface area contributed by atoms with Crippen LogP contribution >= 0.6 is 23.1 Å². The molecule has 0 bridgehead atoms. The molecule has 0 radical (unpaired) electrons. The van der Waals surface area contributed by atoms with Crippen LogP contribution in [0.1, 0.15) is 11.9 Å². The quantitative estimate of drug-likeness (QED) is 0.843. The molecule has 0 spiro atoms. The van der Waals surface area contributed by atoms with E-state index in [0.29, 0.717) is 5.82 Å². The molecule has 3 rings (SSSR count). The molecule has 1 unspecified atom stereocenters. The van der Waals surface area contributed by atoms with Crippen LogP contribution in [-0.2, 0) is 4.74 Å². The molecule has 2 aromatic heterocycles. The van der Waals surface area contributed by atoms with Crippen molar-refractivity contribution in [2.24, 2.45) is 0 Å². The molecule has 1 saturated heterocycles. The smallest absolute Gasteiger partial charge is 0.162 e. The molecule has 16 heavy (non-hydrogen) atoms. The SMILES string of the molecule is Nc1nc(C2CSCCO2)nc2sccc12. The minimum atomic E-state index is -0.00690. The zero-order chi connectivity index (χ0) is 11.0. The molecule has 0 saturated carbocycles. The topological polar surface area (TPSA) is 61.0 Å². The van der Waals surface area contributed by atoms with E-state index < -0.39 is 0 Å². The summed E-state index contributed by atoms with van der Waals surface area (Å²) in [6, 6.07) is 1.95. The van der Waals surface area contributed by atoms with Crippen molar-refractivity contribution in [2.45, 2.75) is 6.10 Å². The predicted octanol–water partition coefficient (Wildman–Crippen LogP) is 2.08. The van der Waals surface area contributed by atoms with E-state index in [2.05, 4.69) is 9.97 Å². The minimum absolute atomic E-state index is 0.00690. The first-order valence-corrected chi connectivity index (χ1v) is 7.08. The van der Waals surface area contributed by atoms with Gasteiger partial charge in [-0.25, -0.2) is 9.97 Å². The average Bonchev–Trinajstić information content (AvgIpc) is 2.79. The van der Waals surface area contributed by atoms with Crippen molar-refractivity contribution in [1.29, 1.82) is 0 Å². The summed E-state index contributed by atoms with van der Waals surface area (Å²) in [5.41, 5.74) is 5.90. The Kier molecular flexibility index (Phi) is 2.70. The normalized spacial score (nSPS) is 21.4. The van der Waals surface area contributed by atoms with Crippen LogP contribution in [0.2, 0.25) is 0 Å². The highest BCUT2D eigenvalue weighted by atomic mass is 32.2. The molecular weight excluding hydrogens is 242 g/mol. The first kappa shape index (κ1) is 10.3. The molecule has 4 nitrogen and oxygen atoms in total. The molecule has 84 valence electrons. The molecule has 0 amide bonds. The molecule has 1 fully saturated rings. The van der Waals surface area contributed by atoms with Crippen molar-refractivity contribution in [3.05, 3.63) is 17.3 Å². The monoisotopic (exact) mass is 253 g/mol. The number of ether oxygens (including phenoxy) is 1. The van der Waals surface area contributed by atoms with E-state index in [0.717, 1.165) is 34.2 Å². The van der Waals surface area contributed by atoms with Gasteiger partial charge in [0.1, 0.15) is 16.8 Å². The molecule has 2 N–H and O–H groups in total. The zero-order valence-corrected chi connectivity index (χ0v) is 10.2. The fourth-order valence-electron chi connectivity index (χ4n) is 1.68. The minimum Gasteiger partial charge on any atom is -0.383 e. The molecular formula is C10H11N3OS2. The standard InChI is InChI=1S/C10H11N3OS2/c11-8-6-1-3-16-10(6)13-9(12-8)7-5-15-4-2-14-7/h1,3,7H,2,4-5H2,(H2,11,12,13). The molecule has 1 aliphatic heterocycles. The Morgan fingerprint density at radius 2 is 2.38 bits per heavy atom. The van der Waals surface area contributed by atoms with Gasteiger partial charge in [0.15, 0.2) is 5.82 Å². The van der Waals surface area contributed by atoms with Crippen LogP contribution in [0.3, 0.4) is 0 Å². The number of nitrogens with zero attached hydrogens (tertiary/aromatic N) is 2. The lowest BCUT2D eigenvalue weighted by atomic mass is 10.3. The Balaban J connectivity index is 2.02. The molecule has 3 heterocycles. The van der Waals surface area contributed by atoms with Gasteiger partial charge in [-0.2, -0.15) is 11.8 Å². The third kappa shape index (κ3) is 1.77. The van der Waals surface area contributed by atoms with Gasteiger partial charge in [0.2, 0.25) is 0 Å². The van der Waals surface area contributed by atoms with Gasteiger partial charge in [0.25, 0.3) is 0 Å². The Morgan fingerprint density at radius 1 is 1.44 bits per heavy atom. The zero-order valence-electron chi connectivity index (χ0n) is 8.55. The van der Waals surface area contributed by atoms with Crippen molar-refractivity contribution in [3.8, 4) is 0 Å². The van der Waals surface area contributed by atoms with Crippen molar-refractivity contribution in [1.82, 2.24) is 9.97 Å². The summed E-state index contributed by atoms with van der Waals surface area (Å²) in [7, 11) is 0. The van der Waals surface area contributed by atoms with E-state index in [1.807, 2.05) is 23.2 Å². The largest absolute Gasteiger partial charge is 0.383 e. The predicted molar refractivity (Wildman–Crippen MR) is 67.8 cm³/mol. The van der Waals surface area contributed by atoms with Gasteiger partial charge in [-0.3, -0.25) is 0 Å². The number of fused-ring (bicyclic) bond motifs is 1. The lowest BCUT2D eigenvalue weighted by Gasteiger charge is -2.20. The molecule has 6 heteroatoms. The summed E-state index contributed by atoms with van der Waals surface area (Å²) in [6.45, 7) is 0.765. The fourth-order valence-corrected chi connectivity index (χ4v) is 3.30. The molecule has 0 aliphatic carbocycles. The fraction of sp³-hybridized carbons (Fsp3) is 0.400. The highest BCUT2D eigenvalue weighted by Crippen LogP contribution is 2.29. The van der Waals surface area contributed by atoms with E-state index in [1.54, 1.807) is 11.3 Å². The molecule has 2 aromatic rings. The maximum absolute atomic E-state index is 5.90. The number of aromatic nitrogens is 2. The van der Waals surface area contributed by atoms with Crippen LogP contribution in [0.5, 0.6) is 0 Å². The first-order chi connectivity index (χ1) is 7.84. The highest BCUT2D eigenvalue weighted by molar-refractivity contribution is 7.99. The van der Waals surface area contributed by atoms with Crippen molar-refractivity contribution in [3.63, 3.8) is 0 Å². The molecule has 1 aliphatic rings. The average molecular weight is 253 g/mol. The van der Waals surface area contributed by atoms with E-state index in [1.165, 1.54) is 0 Å². The number of nitrogens with two attached hydrogens (primary N) is 1. The van der Waals surface area contributed by atoms with Gasteiger partial charge in [-0.1, -0.05) is 0 Å². The second-order valence-electron chi connectivity index (χ2n) is 3.54. The van der Waals surface area contributed by atoms with Crippen LogP contribution in [0.25, 0.3) is 10.2 Å². The summed E-state index contributed by atoms with van der Waals surface area (Å²) in [6.07, 6.45) is -0.00690. The Morgan fingerprint density at radius 3 is 3.19 bits per heavy atom. The van der Waals surface area contributed by atoms with Crippen LogP contribution in [0, 0.1) is 0 Å². The number of hydrogen-bond acceptors (Lipinski definition) is 6. The van der Waals surface area contributed by atoms with Gasteiger partial charge in [-0.05, 0) is 11.4 Å². The number of rotatable bonds is 1. The Hall–Kier alpha value is -0.850. The summed E-state index contributed by atoms with van der Waals surface area (Å²) in [5, 5.41) is 2.92. The number of anilines is 1. The second kappa shape index (κ2) is 4.20. The summed E-state index contributed by atoms with van der Waals surface area (Å²) < 4.78 is 5.65. The Labute approximate surface area is 101 Å². The van der Waals surface area contributed by atoms with E-state index in [4.69, 9.17) is 10.5 Å². The van der Waals surface area contributed by atoms with Gasteiger partial charge in [-0.15, -0.1) is 11.3 Å². The highest BCUT2D eigenvalue weighted by Gasteiger charge is 2.20. The van der Waals surface area contributed by atoms with Crippen LogP contribution in [0.15, 0.2) is 11.4 Å². The van der Waals surface area contributed by atoms with Gasteiger partial charge in [0.05, 0.1) is 12.0 Å². The van der Waals surface area contributed by atoms with Crippen molar-refractivity contribution >= 4 is 39.1 Å². The van der Waals surface area contributed by atoms with Gasteiger partial charge in [0, 0.05) is 11.5 Å². The van der Waals surface area contributed by atoms with Crippen molar-refractivity contribution < 1.29 is 4.74 Å². The summed E-state index contributed by atoms with van der Waals surface area (Å²) >= 11 is 3.45. The maximum atomic E-state index is 5.90. The van der Waals surface area contributed by atoms with Gasteiger partial charge < -0.3 is 10.5 Å². The molecule has 1 atom stereocenters. The first-order valence-electron chi connectivity index (χ1n) is 5.04. The van der Waals surface area contributed by atoms with Crippen LogP contribution < -0.4 is 5.73 Å².